The van der Waals surface area contributed by atoms with Gasteiger partial charge < -0.3 is 15.7 Å². The van der Waals surface area contributed by atoms with E-state index in [-0.39, 0.29) is 17.7 Å². The fourth-order valence-electron chi connectivity index (χ4n) is 2.57. The van der Waals surface area contributed by atoms with Crippen LogP contribution in [0.1, 0.15) is 35.7 Å². The third kappa shape index (κ3) is 2.89. The normalized spacial score (nSPS) is 23.4. The zero-order valence-electron chi connectivity index (χ0n) is 11.6. The first-order valence-electron chi connectivity index (χ1n) is 6.83. The van der Waals surface area contributed by atoms with E-state index in [4.69, 9.17) is 5.73 Å². The molecular weight excluding hydrogens is 240 g/mol. The topological polar surface area (TPSA) is 66.6 Å². The fourth-order valence-corrected chi connectivity index (χ4v) is 2.57. The first-order chi connectivity index (χ1) is 9.02. The van der Waals surface area contributed by atoms with E-state index in [0.29, 0.717) is 24.6 Å². The average Bonchev–Trinajstić information content (AvgIpc) is 2.41. The Morgan fingerprint density at radius 2 is 2.21 bits per heavy atom. The van der Waals surface area contributed by atoms with Gasteiger partial charge in [-0.1, -0.05) is 6.07 Å². The summed E-state index contributed by atoms with van der Waals surface area (Å²) in [6, 6.07) is 5.34. The molecule has 2 unspecified atom stereocenters. The molecule has 19 heavy (non-hydrogen) atoms. The predicted molar refractivity (Wildman–Crippen MR) is 75.1 cm³/mol. The molecule has 4 nitrogen and oxygen atoms in total. The van der Waals surface area contributed by atoms with Gasteiger partial charge in [0.05, 0.1) is 0 Å². The van der Waals surface area contributed by atoms with Gasteiger partial charge in [0.2, 0.25) is 0 Å². The second-order valence-electron chi connectivity index (χ2n) is 5.49. The maximum absolute atomic E-state index is 12.5. The number of hydrogen-bond donors (Lipinski definition) is 2. The number of carbonyl (C=O) groups is 1. The van der Waals surface area contributed by atoms with E-state index in [2.05, 4.69) is 6.92 Å². The highest BCUT2D eigenvalue weighted by molar-refractivity contribution is 5.95. The molecule has 1 amide bonds. The van der Waals surface area contributed by atoms with Crippen LogP contribution in [0.4, 0.5) is 0 Å². The quantitative estimate of drug-likeness (QED) is 0.855. The molecule has 0 saturated carbocycles. The summed E-state index contributed by atoms with van der Waals surface area (Å²) < 4.78 is 0. The van der Waals surface area contributed by atoms with Gasteiger partial charge in [0.15, 0.2) is 0 Å². The van der Waals surface area contributed by atoms with Crippen LogP contribution in [0.5, 0.6) is 5.75 Å². The first-order valence-corrected chi connectivity index (χ1v) is 6.83. The van der Waals surface area contributed by atoms with Gasteiger partial charge in [-0.05, 0) is 56.8 Å². The van der Waals surface area contributed by atoms with E-state index >= 15 is 0 Å². The Hall–Kier alpha value is -1.55. The number of carbonyl (C=O) groups excluding carboxylic acids is 1. The number of hydrogen-bond acceptors (Lipinski definition) is 3. The Balaban J connectivity index is 2.19. The Labute approximate surface area is 114 Å². The molecule has 1 aliphatic heterocycles. The molecule has 1 aromatic rings. The molecule has 1 aromatic carbocycles. The van der Waals surface area contributed by atoms with Gasteiger partial charge in [-0.25, -0.2) is 0 Å². The third-order valence-corrected chi connectivity index (χ3v) is 4.03. The molecule has 1 heterocycles. The van der Waals surface area contributed by atoms with Crippen molar-refractivity contribution in [1.82, 2.24) is 4.90 Å². The minimum absolute atomic E-state index is 0.0130. The Morgan fingerprint density at radius 3 is 2.84 bits per heavy atom. The largest absolute Gasteiger partial charge is 0.508 e. The molecule has 1 fully saturated rings. The van der Waals surface area contributed by atoms with Crippen molar-refractivity contribution in [2.75, 3.05) is 13.1 Å². The van der Waals surface area contributed by atoms with Crippen LogP contribution in [-0.4, -0.2) is 35.0 Å². The molecule has 4 heteroatoms. The SMILES string of the molecule is Cc1ccc(C(=O)N2CC(CN)CCC2C)cc1O. The summed E-state index contributed by atoms with van der Waals surface area (Å²) in [6.07, 6.45) is 2.08. The summed E-state index contributed by atoms with van der Waals surface area (Å²) in [6.45, 7) is 5.22. The maximum atomic E-state index is 12.5. The predicted octanol–water partition coefficient (Wildman–Crippen LogP) is 1.90. The minimum Gasteiger partial charge on any atom is -0.508 e. The molecule has 3 N–H and O–H groups in total. The Morgan fingerprint density at radius 1 is 1.47 bits per heavy atom. The molecule has 2 atom stereocenters. The van der Waals surface area contributed by atoms with Gasteiger partial charge in [-0.2, -0.15) is 0 Å². The zero-order valence-corrected chi connectivity index (χ0v) is 11.6. The lowest BCUT2D eigenvalue weighted by atomic mass is 9.93. The number of aryl methyl sites for hydroxylation is 1. The summed E-state index contributed by atoms with van der Waals surface area (Å²) in [5, 5.41) is 9.72. The van der Waals surface area contributed by atoms with Gasteiger partial charge in [0, 0.05) is 18.2 Å². The van der Waals surface area contributed by atoms with E-state index in [1.807, 2.05) is 11.8 Å². The van der Waals surface area contributed by atoms with E-state index in [9.17, 15) is 9.90 Å². The van der Waals surface area contributed by atoms with Crippen molar-refractivity contribution in [3.63, 3.8) is 0 Å². The van der Waals surface area contributed by atoms with Gasteiger partial charge in [0.25, 0.3) is 5.91 Å². The molecule has 1 aliphatic rings. The molecule has 1 saturated heterocycles. The lowest BCUT2D eigenvalue weighted by molar-refractivity contribution is 0.0566. The number of nitrogens with zero attached hydrogens (tertiary/aromatic N) is 1. The number of phenolic OH excluding ortho intramolecular Hbond substituents is 1. The van der Waals surface area contributed by atoms with Crippen LogP contribution in [0.25, 0.3) is 0 Å². The molecular formula is C15H22N2O2. The number of phenols is 1. The van der Waals surface area contributed by atoms with Crippen molar-refractivity contribution in [2.24, 2.45) is 11.7 Å². The Bertz CT molecular complexity index is 473. The number of amides is 1. The molecule has 0 aromatic heterocycles. The highest BCUT2D eigenvalue weighted by Gasteiger charge is 2.29. The lowest BCUT2D eigenvalue weighted by Gasteiger charge is -2.37. The second kappa shape index (κ2) is 5.61. The first kappa shape index (κ1) is 13.9. The van der Waals surface area contributed by atoms with Crippen LogP contribution in [0.3, 0.4) is 0 Å². The van der Waals surface area contributed by atoms with Crippen molar-refractivity contribution >= 4 is 5.91 Å². The summed E-state index contributed by atoms with van der Waals surface area (Å²) in [5.74, 6) is 0.547. The van der Waals surface area contributed by atoms with Gasteiger partial charge >= 0.3 is 0 Å². The number of rotatable bonds is 2. The molecule has 0 radical (unpaired) electrons. The third-order valence-electron chi connectivity index (χ3n) is 4.03. The van der Waals surface area contributed by atoms with E-state index in [1.165, 1.54) is 0 Å². The van der Waals surface area contributed by atoms with Crippen LogP contribution >= 0.6 is 0 Å². The molecule has 104 valence electrons. The number of aromatic hydroxyl groups is 1. The van der Waals surface area contributed by atoms with Crippen molar-refractivity contribution in [3.8, 4) is 5.75 Å². The van der Waals surface area contributed by atoms with Gasteiger partial charge in [-0.3, -0.25) is 4.79 Å². The molecule has 0 bridgehead atoms. The van der Waals surface area contributed by atoms with Gasteiger partial charge in [-0.15, -0.1) is 0 Å². The van der Waals surface area contributed by atoms with Crippen LogP contribution in [-0.2, 0) is 0 Å². The van der Waals surface area contributed by atoms with Crippen LogP contribution < -0.4 is 5.73 Å². The summed E-state index contributed by atoms with van der Waals surface area (Å²) in [4.78, 5) is 14.4. The van der Waals surface area contributed by atoms with Crippen LogP contribution in [0, 0.1) is 12.8 Å². The monoisotopic (exact) mass is 262 g/mol. The minimum atomic E-state index is -0.0130. The van der Waals surface area contributed by atoms with Crippen molar-refractivity contribution in [1.29, 1.82) is 0 Å². The number of nitrogens with two attached hydrogens (primary N) is 1. The lowest BCUT2D eigenvalue weighted by Crippen LogP contribution is -2.47. The summed E-state index contributed by atoms with van der Waals surface area (Å²) in [7, 11) is 0. The number of benzene rings is 1. The van der Waals surface area contributed by atoms with Crippen molar-refractivity contribution in [3.05, 3.63) is 29.3 Å². The summed E-state index contributed by atoms with van der Waals surface area (Å²) in [5.41, 5.74) is 7.05. The van der Waals surface area contributed by atoms with E-state index in [1.54, 1.807) is 18.2 Å². The second-order valence-corrected chi connectivity index (χ2v) is 5.49. The van der Waals surface area contributed by atoms with Crippen molar-refractivity contribution < 1.29 is 9.90 Å². The number of likely N-dealkylation sites (tertiary alicyclic amines) is 1. The fraction of sp³-hybridized carbons (Fsp3) is 0.533. The highest BCUT2D eigenvalue weighted by atomic mass is 16.3. The average molecular weight is 262 g/mol. The van der Waals surface area contributed by atoms with Crippen LogP contribution in [0.2, 0.25) is 0 Å². The molecule has 2 rings (SSSR count). The smallest absolute Gasteiger partial charge is 0.254 e. The standard InChI is InChI=1S/C15H22N2O2/c1-10-3-6-13(7-14(10)18)15(19)17-9-12(8-16)5-4-11(17)2/h3,6-7,11-12,18H,4-5,8-9,16H2,1-2H3. The highest BCUT2D eigenvalue weighted by Crippen LogP contribution is 2.25. The number of piperidine rings is 1. The van der Waals surface area contributed by atoms with Crippen molar-refractivity contribution in [2.45, 2.75) is 32.7 Å². The van der Waals surface area contributed by atoms with E-state index in [0.717, 1.165) is 18.4 Å². The van der Waals surface area contributed by atoms with E-state index < -0.39 is 0 Å². The molecule has 0 aliphatic carbocycles. The summed E-state index contributed by atoms with van der Waals surface area (Å²) >= 11 is 0. The maximum Gasteiger partial charge on any atom is 0.254 e. The van der Waals surface area contributed by atoms with Crippen LogP contribution in [0.15, 0.2) is 18.2 Å². The van der Waals surface area contributed by atoms with Gasteiger partial charge in [0.1, 0.15) is 5.75 Å². The molecule has 0 spiro atoms. The zero-order chi connectivity index (χ0) is 14.0. The Kier molecular flexibility index (Phi) is 4.10.